The second-order valence-electron chi connectivity index (χ2n) is 5.59. The highest BCUT2D eigenvalue weighted by molar-refractivity contribution is 5.99. The summed E-state index contributed by atoms with van der Waals surface area (Å²) in [6.07, 6.45) is 7.50. The van der Waals surface area contributed by atoms with Gasteiger partial charge in [0.05, 0.1) is 5.56 Å². The van der Waals surface area contributed by atoms with Gasteiger partial charge in [-0.1, -0.05) is 13.3 Å². The maximum Gasteiger partial charge on any atom is 0.255 e. The molecular formula is C16H25N3O. The van der Waals surface area contributed by atoms with Crippen LogP contribution >= 0.6 is 0 Å². The third-order valence-corrected chi connectivity index (χ3v) is 3.79. The van der Waals surface area contributed by atoms with Gasteiger partial charge in [0.25, 0.3) is 5.91 Å². The van der Waals surface area contributed by atoms with E-state index in [9.17, 15) is 4.79 Å². The second-order valence-corrected chi connectivity index (χ2v) is 5.59. The number of nitrogens with zero attached hydrogens (tertiary/aromatic N) is 2. The predicted octanol–water partition coefficient (Wildman–Crippen LogP) is 2.99. The number of amides is 1. The maximum atomic E-state index is 12.4. The maximum absolute atomic E-state index is 12.4. The summed E-state index contributed by atoms with van der Waals surface area (Å²) in [6, 6.07) is 3.93. The van der Waals surface area contributed by atoms with E-state index in [2.05, 4.69) is 29.0 Å². The van der Waals surface area contributed by atoms with Gasteiger partial charge in [0, 0.05) is 25.3 Å². The molecule has 0 radical (unpaired) electrons. The lowest BCUT2D eigenvalue weighted by Crippen LogP contribution is -2.36. The van der Waals surface area contributed by atoms with E-state index >= 15 is 0 Å². The third-order valence-electron chi connectivity index (χ3n) is 3.79. The quantitative estimate of drug-likeness (QED) is 0.898. The molecule has 4 heteroatoms. The van der Waals surface area contributed by atoms with Crippen LogP contribution in [0.2, 0.25) is 0 Å². The molecule has 0 saturated carbocycles. The molecule has 0 spiro atoms. The van der Waals surface area contributed by atoms with Crippen molar-refractivity contribution in [1.82, 2.24) is 10.3 Å². The minimum Gasteiger partial charge on any atom is -0.356 e. The zero-order valence-corrected chi connectivity index (χ0v) is 12.6. The molecule has 1 atom stereocenters. The number of nitrogens with one attached hydrogen (secondary N) is 1. The van der Waals surface area contributed by atoms with Crippen LogP contribution in [0.4, 0.5) is 5.82 Å². The van der Waals surface area contributed by atoms with Gasteiger partial charge >= 0.3 is 0 Å². The van der Waals surface area contributed by atoms with Crippen LogP contribution in [0.3, 0.4) is 0 Å². The summed E-state index contributed by atoms with van der Waals surface area (Å²) in [6.45, 7) is 6.19. The molecule has 0 unspecified atom stereocenters. The van der Waals surface area contributed by atoms with E-state index in [1.54, 1.807) is 6.20 Å². The Balaban J connectivity index is 2.12. The number of carbonyl (C=O) groups excluding carboxylic acids is 1. The van der Waals surface area contributed by atoms with Crippen LogP contribution in [0, 0.1) is 0 Å². The van der Waals surface area contributed by atoms with Crippen LogP contribution < -0.4 is 10.2 Å². The predicted molar refractivity (Wildman–Crippen MR) is 82.1 cm³/mol. The van der Waals surface area contributed by atoms with E-state index in [1.165, 1.54) is 19.3 Å². The van der Waals surface area contributed by atoms with E-state index in [0.29, 0.717) is 5.56 Å². The average molecular weight is 275 g/mol. The molecule has 0 bridgehead atoms. The Labute approximate surface area is 121 Å². The first-order chi connectivity index (χ1) is 9.72. The number of aromatic nitrogens is 1. The largest absolute Gasteiger partial charge is 0.356 e. The first-order valence-electron chi connectivity index (χ1n) is 7.73. The van der Waals surface area contributed by atoms with Crippen molar-refractivity contribution in [2.45, 2.75) is 52.0 Å². The summed E-state index contributed by atoms with van der Waals surface area (Å²) in [5.74, 6) is 0.841. The summed E-state index contributed by atoms with van der Waals surface area (Å²) >= 11 is 0. The van der Waals surface area contributed by atoms with E-state index in [4.69, 9.17) is 0 Å². The van der Waals surface area contributed by atoms with Gasteiger partial charge < -0.3 is 10.2 Å². The van der Waals surface area contributed by atoms with Crippen molar-refractivity contribution in [3.63, 3.8) is 0 Å². The van der Waals surface area contributed by atoms with Crippen LogP contribution in [0.15, 0.2) is 18.3 Å². The van der Waals surface area contributed by atoms with E-state index in [1.807, 2.05) is 12.1 Å². The Morgan fingerprint density at radius 1 is 1.40 bits per heavy atom. The van der Waals surface area contributed by atoms with E-state index < -0.39 is 0 Å². The van der Waals surface area contributed by atoms with Crippen LogP contribution in [-0.2, 0) is 0 Å². The number of pyridine rings is 1. The number of anilines is 1. The smallest absolute Gasteiger partial charge is 0.255 e. The monoisotopic (exact) mass is 275 g/mol. The summed E-state index contributed by atoms with van der Waals surface area (Å²) in [4.78, 5) is 19.1. The molecule has 0 aromatic carbocycles. The highest BCUT2D eigenvalue weighted by atomic mass is 16.1. The minimum absolute atomic E-state index is 0.000349. The summed E-state index contributed by atoms with van der Waals surface area (Å²) < 4.78 is 0. The molecule has 20 heavy (non-hydrogen) atoms. The molecule has 4 nitrogen and oxygen atoms in total. The van der Waals surface area contributed by atoms with Gasteiger partial charge in [-0.05, 0) is 44.7 Å². The van der Waals surface area contributed by atoms with Crippen LogP contribution in [0.25, 0.3) is 0 Å². The van der Waals surface area contributed by atoms with Crippen molar-refractivity contribution in [3.05, 3.63) is 23.9 Å². The van der Waals surface area contributed by atoms with Crippen molar-refractivity contribution in [3.8, 4) is 0 Å². The molecule has 1 amide bonds. The summed E-state index contributed by atoms with van der Waals surface area (Å²) in [7, 11) is 0. The normalized spacial score (nSPS) is 16.8. The first-order valence-corrected chi connectivity index (χ1v) is 7.73. The molecule has 110 valence electrons. The minimum atomic E-state index is -0.000349. The highest BCUT2D eigenvalue weighted by Crippen LogP contribution is 2.21. The lowest BCUT2D eigenvalue weighted by Gasteiger charge is -2.29. The number of piperidine rings is 1. The fourth-order valence-corrected chi connectivity index (χ4v) is 2.74. The van der Waals surface area contributed by atoms with Gasteiger partial charge in [-0.15, -0.1) is 0 Å². The average Bonchev–Trinajstić information content (AvgIpc) is 2.48. The Morgan fingerprint density at radius 2 is 2.15 bits per heavy atom. The van der Waals surface area contributed by atoms with Gasteiger partial charge in [-0.25, -0.2) is 4.98 Å². The number of hydrogen-bond donors (Lipinski definition) is 1. The van der Waals surface area contributed by atoms with Crippen LogP contribution in [-0.4, -0.2) is 30.0 Å². The molecular weight excluding hydrogens is 250 g/mol. The van der Waals surface area contributed by atoms with Crippen molar-refractivity contribution in [1.29, 1.82) is 0 Å². The van der Waals surface area contributed by atoms with Crippen LogP contribution in [0.5, 0.6) is 0 Å². The SMILES string of the molecule is CCC[C@H](C)NC(=O)c1cccnc1N1CCCCC1. The molecule has 1 fully saturated rings. The third kappa shape index (κ3) is 3.71. The lowest BCUT2D eigenvalue weighted by molar-refractivity contribution is 0.0938. The number of rotatable bonds is 5. The molecule has 1 aliphatic rings. The van der Waals surface area contributed by atoms with Gasteiger partial charge in [0.2, 0.25) is 0 Å². The fourth-order valence-electron chi connectivity index (χ4n) is 2.74. The zero-order valence-electron chi connectivity index (χ0n) is 12.6. The summed E-state index contributed by atoms with van der Waals surface area (Å²) in [5, 5.41) is 3.07. The lowest BCUT2D eigenvalue weighted by atomic mass is 10.1. The zero-order chi connectivity index (χ0) is 14.4. The van der Waals surface area contributed by atoms with E-state index in [0.717, 1.165) is 31.7 Å². The standard InChI is InChI=1S/C16H25N3O/c1-3-8-13(2)18-16(20)14-9-7-10-17-15(14)19-11-5-4-6-12-19/h7,9-10,13H,3-6,8,11-12H2,1-2H3,(H,18,20)/t13-/m0/s1. The number of carbonyl (C=O) groups is 1. The Bertz CT molecular complexity index is 441. The van der Waals surface area contributed by atoms with Crippen LogP contribution in [0.1, 0.15) is 56.3 Å². The van der Waals surface area contributed by atoms with Crippen molar-refractivity contribution in [2.24, 2.45) is 0 Å². The van der Waals surface area contributed by atoms with Crippen molar-refractivity contribution >= 4 is 11.7 Å². The summed E-state index contributed by atoms with van der Waals surface area (Å²) in [5.41, 5.74) is 0.706. The second kappa shape index (κ2) is 7.27. The van der Waals surface area contributed by atoms with Crippen molar-refractivity contribution in [2.75, 3.05) is 18.0 Å². The molecule has 1 aliphatic heterocycles. The Hall–Kier alpha value is -1.58. The molecule has 0 aliphatic carbocycles. The molecule has 1 aromatic rings. The van der Waals surface area contributed by atoms with Gasteiger partial charge in [-0.2, -0.15) is 0 Å². The highest BCUT2D eigenvalue weighted by Gasteiger charge is 2.20. The molecule has 2 rings (SSSR count). The first kappa shape index (κ1) is 14.8. The van der Waals surface area contributed by atoms with Gasteiger partial charge in [-0.3, -0.25) is 4.79 Å². The molecule has 1 N–H and O–H groups in total. The Morgan fingerprint density at radius 3 is 2.85 bits per heavy atom. The van der Waals surface area contributed by atoms with Crippen molar-refractivity contribution < 1.29 is 4.79 Å². The van der Waals surface area contributed by atoms with Gasteiger partial charge in [0.15, 0.2) is 0 Å². The molecule has 1 aromatic heterocycles. The molecule has 2 heterocycles. The topological polar surface area (TPSA) is 45.2 Å². The van der Waals surface area contributed by atoms with Gasteiger partial charge in [0.1, 0.15) is 5.82 Å². The Kier molecular flexibility index (Phi) is 5.39. The number of hydrogen-bond acceptors (Lipinski definition) is 3. The molecule has 1 saturated heterocycles. The van der Waals surface area contributed by atoms with E-state index in [-0.39, 0.29) is 11.9 Å². The fraction of sp³-hybridized carbons (Fsp3) is 0.625.